The average Bonchev–Trinajstić information content (AvgIpc) is 3.58. The average molecular weight is 597 g/mol. The van der Waals surface area contributed by atoms with E-state index >= 15 is 0 Å². The number of benzene rings is 6. The SMILES string of the molecule is Cc1ccccc1N1C(=C2N(c3ccccc3C)c3ccccc3N2c2ccccc2C)N(c2ccccc2C)c2ccccc21. The minimum Gasteiger partial charge on any atom is -0.291 e. The standard InChI is InChI=1S/C42H36N4/c1-29-17-5-9-21-33(29)43-37-25-13-14-26-38(37)44(34-22-10-6-18-30(34)2)41(43)42-45(35-23-11-7-19-31(35)3)39-27-15-16-28-40(39)46(42)36-24-12-8-20-32(36)4/h5-28H,1-4H3. The summed E-state index contributed by atoms with van der Waals surface area (Å²) in [6.45, 7) is 8.83. The Labute approximate surface area is 271 Å². The van der Waals surface area contributed by atoms with E-state index in [1.165, 1.54) is 22.3 Å². The number of hydrogen-bond acceptors (Lipinski definition) is 4. The first-order valence-corrected chi connectivity index (χ1v) is 15.9. The zero-order valence-electron chi connectivity index (χ0n) is 26.6. The van der Waals surface area contributed by atoms with Gasteiger partial charge in [0.25, 0.3) is 0 Å². The number of hydrogen-bond donors (Lipinski definition) is 0. The van der Waals surface area contributed by atoms with Gasteiger partial charge in [-0.1, -0.05) is 97.1 Å². The van der Waals surface area contributed by atoms with E-state index in [1.54, 1.807) is 0 Å². The minimum absolute atomic E-state index is 1.08. The molecule has 0 saturated heterocycles. The second-order valence-electron chi connectivity index (χ2n) is 12.1. The Kier molecular flexibility index (Phi) is 6.65. The number of fused-ring (bicyclic) bond motifs is 2. The summed E-state index contributed by atoms with van der Waals surface area (Å²) >= 11 is 0. The van der Waals surface area contributed by atoms with Gasteiger partial charge in [-0.25, -0.2) is 0 Å². The van der Waals surface area contributed by atoms with E-state index < -0.39 is 0 Å². The highest BCUT2D eigenvalue weighted by Crippen LogP contribution is 2.58. The van der Waals surface area contributed by atoms with E-state index in [0.29, 0.717) is 0 Å². The predicted molar refractivity (Wildman–Crippen MR) is 193 cm³/mol. The molecule has 0 unspecified atom stereocenters. The molecule has 8 rings (SSSR count). The van der Waals surface area contributed by atoms with Gasteiger partial charge in [-0.05, 0) is 98.5 Å². The molecular weight excluding hydrogens is 560 g/mol. The van der Waals surface area contributed by atoms with E-state index in [0.717, 1.165) is 57.1 Å². The van der Waals surface area contributed by atoms with Crippen LogP contribution in [-0.2, 0) is 0 Å². The molecule has 2 aliphatic heterocycles. The van der Waals surface area contributed by atoms with Crippen molar-refractivity contribution in [1.82, 2.24) is 0 Å². The molecule has 2 aliphatic rings. The number of aryl methyl sites for hydroxylation is 4. The lowest BCUT2D eigenvalue weighted by atomic mass is 10.1. The van der Waals surface area contributed by atoms with Crippen molar-refractivity contribution < 1.29 is 0 Å². The van der Waals surface area contributed by atoms with E-state index in [1.807, 2.05) is 0 Å². The molecule has 0 radical (unpaired) electrons. The molecule has 4 heteroatoms. The maximum atomic E-state index is 2.47. The van der Waals surface area contributed by atoms with Gasteiger partial charge < -0.3 is 0 Å². The van der Waals surface area contributed by atoms with Crippen LogP contribution in [0.2, 0.25) is 0 Å². The van der Waals surface area contributed by atoms with Crippen molar-refractivity contribution in [2.24, 2.45) is 0 Å². The van der Waals surface area contributed by atoms with Crippen molar-refractivity contribution in [3.8, 4) is 0 Å². The van der Waals surface area contributed by atoms with Gasteiger partial charge in [0.05, 0.1) is 45.5 Å². The van der Waals surface area contributed by atoms with Crippen molar-refractivity contribution in [1.29, 1.82) is 0 Å². The largest absolute Gasteiger partial charge is 0.291 e. The van der Waals surface area contributed by atoms with Gasteiger partial charge >= 0.3 is 0 Å². The fraction of sp³-hybridized carbons (Fsp3) is 0.0952. The third-order valence-corrected chi connectivity index (χ3v) is 9.20. The molecular formula is C42H36N4. The summed E-state index contributed by atoms with van der Waals surface area (Å²) in [5, 5.41) is 0. The molecule has 224 valence electrons. The number of nitrogens with zero attached hydrogens (tertiary/aromatic N) is 4. The van der Waals surface area contributed by atoms with Crippen LogP contribution in [0.3, 0.4) is 0 Å². The summed E-state index contributed by atoms with van der Waals surface area (Å²) in [5.41, 5.74) is 14.0. The first-order chi connectivity index (χ1) is 22.5. The predicted octanol–water partition coefficient (Wildman–Crippen LogP) is 11.3. The summed E-state index contributed by atoms with van der Waals surface area (Å²) in [7, 11) is 0. The number of anilines is 8. The maximum Gasteiger partial charge on any atom is 0.166 e. The fourth-order valence-corrected chi connectivity index (χ4v) is 6.97. The molecule has 0 spiro atoms. The molecule has 0 aromatic heterocycles. The Balaban J connectivity index is 1.57. The van der Waals surface area contributed by atoms with E-state index in [4.69, 9.17) is 0 Å². The molecule has 4 nitrogen and oxygen atoms in total. The smallest absolute Gasteiger partial charge is 0.166 e. The Morgan fingerprint density at radius 3 is 0.609 bits per heavy atom. The molecule has 0 N–H and O–H groups in total. The number of para-hydroxylation sites is 8. The normalized spacial score (nSPS) is 13.8. The Morgan fingerprint density at radius 1 is 0.239 bits per heavy atom. The monoisotopic (exact) mass is 596 g/mol. The van der Waals surface area contributed by atoms with Crippen LogP contribution in [0.5, 0.6) is 0 Å². The second-order valence-corrected chi connectivity index (χ2v) is 12.1. The fourth-order valence-electron chi connectivity index (χ4n) is 6.97. The topological polar surface area (TPSA) is 13.0 Å². The summed E-state index contributed by atoms with van der Waals surface area (Å²) in [6.07, 6.45) is 0. The van der Waals surface area contributed by atoms with Crippen molar-refractivity contribution in [2.75, 3.05) is 19.6 Å². The van der Waals surface area contributed by atoms with Gasteiger partial charge in [-0.3, -0.25) is 19.6 Å². The van der Waals surface area contributed by atoms with Crippen LogP contribution in [0.4, 0.5) is 45.5 Å². The van der Waals surface area contributed by atoms with E-state index in [-0.39, 0.29) is 0 Å². The quantitative estimate of drug-likeness (QED) is 0.201. The van der Waals surface area contributed by atoms with Crippen LogP contribution in [-0.4, -0.2) is 0 Å². The van der Waals surface area contributed by atoms with Crippen molar-refractivity contribution >= 4 is 45.5 Å². The molecule has 6 aromatic rings. The van der Waals surface area contributed by atoms with Crippen LogP contribution in [0.1, 0.15) is 22.3 Å². The lowest BCUT2D eigenvalue weighted by Crippen LogP contribution is -2.34. The third kappa shape index (κ3) is 4.21. The van der Waals surface area contributed by atoms with Crippen molar-refractivity contribution in [3.63, 3.8) is 0 Å². The van der Waals surface area contributed by atoms with Crippen molar-refractivity contribution in [3.05, 3.63) is 179 Å². The molecule has 46 heavy (non-hydrogen) atoms. The lowest BCUT2D eigenvalue weighted by Gasteiger charge is -2.35. The van der Waals surface area contributed by atoms with Gasteiger partial charge in [0, 0.05) is 0 Å². The highest BCUT2D eigenvalue weighted by Gasteiger charge is 2.45. The van der Waals surface area contributed by atoms with Gasteiger partial charge in [0.2, 0.25) is 0 Å². The molecule has 6 aromatic carbocycles. The Hall–Kier alpha value is -5.74. The Bertz CT molecular complexity index is 1840. The lowest BCUT2D eigenvalue weighted by molar-refractivity contribution is 0.997. The van der Waals surface area contributed by atoms with Crippen LogP contribution in [0.25, 0.3) is 0 Å². The van der Waals surface area contributed by atoms with E-state index in [9.17, 15) is 0 Å². The molecule has 0 fully saturated rings. The third-order valence-electron chi connectivity index (χ3n) is 9.20. The summed E-state index contributed by atoms with van der Waals surface area (Å²) in [5.74, 6) is 2.15. The molecule has 0 atom stereocenters. The van der Waals surface area contributed by atoms with Gasteiger partial charge in [0.1, 0.15) is 0 Å². The highest BCUT2D eigenvalue weighted by atomic mass is 15.5. The molecule has 0 bridgehead atoms. The molecule has 0 aliphatic carbocycles. The van der Waals surface area contributed by atoms with Crippen LogP contribution in [0, 0.1) is 27.7 Å². The summed E-state index contributed by atoms with van der Waals surface area (Å²) in [4.78, 5) is 9.87. The van der Waals surface area contributed by atoms with Crippen LogP contribution >= 0.6 is 0 Å². The van der Waals surface area contributed by atoms with E-state index in [2.05, 4.69) is 193 Å². The van der Waals surface area contributed by atoms with Gasteiger partial charge in [-0.2, -0.15) is 0 Å². The minimum atomic E-state index is 1.08. The highest BCUT2D eigenvalue weighted by molar-refractivity contribution is 6.01. The van der Waals surface area contributed by atoms with Crippen LogP contribution < -0.4 is 19.6 Å². The van der Waals surface area contributed by atoms with Gasteiger partial charge in [-0.15, -0.1) is 0 Å². The maximum absolute atomic E-state index is 2.47. The van der Waals surface area contributed by atoms with Gasteiger partial charge in [0.15, 0.2) is 11.6 Å². The molecule has 2 heterocycles. The van der Waals surface area contributed by atoms with Crippen LogP contribution in [0.15, 0.2) is 157 Å². The first-order valence-electron chi connectivity index (χ1n) is 15.9. The Morgan fingerprint density at radius 2 is 0.413 bits per heavy atom. The molecule has 0 amide bonds. The molecule has 0 saturated carbocycles. The first kappa shape index (κ1) is 27.8. The second kappa shape index (κ2) is 11.0. The number of rotatable bonds is 4. The zero-order chi connectivity index (χ0) is 31.4. The summed E-state index contributed by atoms with van der Waals surface area (Å²) < 4.78 is 0. The zero-order valence-corrected chi connectivity index (χ0v) is 26.6. The summed E-state index contributed by atoms with van der Waals surface area (Å²) in [6, 6.07) is 52.5. The van der Waals surface area contributed by atoms with Crippen molar-refractivity contribution in [2.45, 2.75) is 27.7 Å².